The second-order valence-electron chi connectivity index (χ2n) is 6.88. The number of carbonyl (C=O) groups is 1. The molecule has 3 aromatic rings. The summed E-state index contributed by atoms with van der Waals surface area (Å²) in [4.78, 5) is 14.7. The molecule has 0 bridgehead atoms. The van der Waals surface area contributed by atoms with E-state index in [1.165, 1.54) is 0 Å². The van der Waals surface area contributed by atoms with Gasteiger partial charge in [-0.25, -0.2) is 4.79 Å². The van der Waals surface area contributed by atoms with Crippen LogP contribution in [0, 0.1) is 13.8 Å². The minimum Gasteiger partial charge on any atom is -0.421 e. The molecular formula is C19H22N6O2. The summed E-state index contributed by atoms with van der Waals surface area (Å²) in [6, 6.07) is 7.60. The van der Waals surface area contributed by atoms with Gasteiger partial charge in [0.25, 0.3) is 0 Å². The van der Waals surface area contributed by atoms with Gasteiger partial charge < -0.3 is 14.6 Å². The summed E-state index contributed by atoms with van der Waals surface area (Å²) in [6.45, 7) is 5.13. The number of urea groups is 1. The van der Waals surface area contributed by atoms with Crippen molar-refractivity contribution in [3.63, 3.8) is 0 Å². The fourth-order valence-corrected chi connectivity index (χ4v) is 3.41. The number of H-pyrrole nitrogens is 1. The zero-order valence-corrected chi connectivity index (χ0v) is 15.4. The second kappa shape index (κ2) is 7.22. The lowest BCUT2D eigenvalue weighted by molar-refractivity contribution is 0.192. The van der Waals surface area contributed by atoms with Crippen molar-refractivity contribution in [1.29, 1.82) is 0 Å². The van der Waals surface area contributed by atoms with Crippen LogP contribution in [0.25, 0.3) is 11.5 Å². The number of amides is 2. The molecule has 2 aromatic heterocycles. The molecule has 1 aliphatic rings. The van der Waals surface area contributed by atoms with E-state index in [1.54, 1.807) is 13.1 Å². The fraction of sp³-hybridized carbons (Fsp3) is 0.368. The van der Waals surface area contributed by atoms with E-state index in [0.29, 0.717) is 24.2 Å². The molecule has 3 heterocycles. The molecule has 0 unspecified atom stereocenters. The van der Waals surface area contributed by atoms with Crippen LogP contribution in [0.5, 0.6) is 0 Å². The third kappa shape index (κ3) is 3.69. The molecule has 1 aliphatic heterocycles. The van der Waals surface area contributed by atoms with E-state index >= 15 is 0 Å². The summed E-state index contributed by atoms with van der Waals surface area (Å²) >= 11 is 0. The largest absolute Gasteiger partial charge is 0.421 e. The number of hydrogen-bond donors (Lipinski definition) is 2. The molecule has 1 fully saturated rings. The van der Waals surface area contributed by atoms with E-state index in [1.807, 2.05) is 36.1 Å². The van der Waals surface area contributed by atoms with Gasteiger partial charge in [0, 0.05) is 49.1 Å². The summed E-state index contributed by atoms with van der Waals surface area (Å²) in [5.41, 5.74) is 3.59. The summed E-state index contributed by atoms with van der Waals surface area (Å²) in [5.74, 6) is 1.25. The van der Waals surface area contributed by atoms with Crippen molar-refractivity contribution in [2.75, 3.05) is 18.4 Å². The third-order valence-corrected chi connectivity index (χ3v) is 4.92. The molecule has 2 N–H and O–H groups in total. The van der Waals surface area contributed by atoms with E-state index in [-0.39, 0.29) is 6.03 Å². The number of carbonyl (C=O) groups excluding carboxylic acids is 1. The van der Waals surface area contributed by atoms with Crippen molar-refractivity contribution in [3.8, 4) is 11.5 Å². The Balaban J connectivity index is 1.49. The van der Waals surface area contributed by atoms with Crippen LogP contribution in [-0.4, -0.2) is 44.4 Å². The van der Waals surface area contributed by atoms with E-state index in [0.717, 1.165) is 41.9 Å². The predicted octanol–water partition coefficient (Wildman–Crippen LogP) is 3.49. The molecule has 1 saturated heterocycles. The van der Waals surface area contributed by atoms with Crippen LogP contribution in [-0.2, 0) is 0 Å². The Labute approximate surface area is 157 Å². The SMILES string of the molecule is Cc1nnc(-c2ccc(C)c(NC(=O)N3CCC[C@H](c4ccn[nH]4)C3)c2)o1. The standard InChI is InChI=1S/C19H22N6O2/c1-12-5-6-14(18-24-22-13(2)27-18)10-17(12)21-19(26)25-9-3-4-15(11-25)16-7-8-20-23-16/h5-8,10,15H,3-4,9,11H2,1-2H3,(H,20,23)(H,21,26)/t15-/m0/s1. The van der Waals surface area contributed by atoms with E-state index in [2.05, 4.69) is 25.7 Å². The highest BCUT2D eigenvalue weighted by Crippen LogP contribution is 2.27. The van der Waals surface area contributed by atoms with Gasteiger partial charge in [0.1, 0.15) is 0 Å². The quantitative estimate of drug-likeness (QED) is 0.739. The maximum absolute atomic E-state index is 12.8. The molecule has 140 valence electrons. The highest BCUT2D eigenvalue weighted by molar-refractivity contribution is 5.91. The highest BCUT2D eigenvalue weighted by atomic mass is 16.4. The number of likely N-dealkylation sites (tertiary alicyclic amines) is 1. The molecule has 8 nitrogen and oxygen atoms in total. The first-order chi connectivity index (χ1) is 13.1. The van der Waals surface area contributed by atoms with Gasteiger partial charge in [0.05, 0.1) is 0 Å². The lowest BCUT2D eigenvalue weighted by Crippen LogP contribution is -2.41. The molecule has 1 atom stereocenters. The van der Waals surface area contributed by atoms with Crippen LogP contribution >= 0.6 is 0 Å². The van der Waals surface area contributed by atoms with Gasteiger partial charge in [-0.2, -0.15) is 5.10 Å². The van der Waals surface area contributed by atoms with Gasteiger partial charge in [0.2, 0.25) is 11.8 Å². The lowest BCUT2D eigenvalue weighted by atomic mass is 9.95. The van der Waals surface area contributed by atoms with Crippen molar-refractivity contribution >= 4 is 11.7 Å². The molecule has 0 saturated carbocycles. The van der Waals surface area contributed by atoms with Crippen molar-refractivity contribution in [1.82, 2.24) is 25.3 Å². The van der Waals surface area contributed by atoms with E-state index in [4.69, 9.17) is 4.42 Å². The van der Waals surface area contributed by atoms with Crippen LogP contribution < -0.4 is 5.32 Å². The maximum Gasteiger partial charge on any atom is 0.321 e. The molecule has 8 heteroatoms. The van der Waals surface area contributed by atoms with Gasteiger partial charge in [-0.1, -0.05) is 6.07 Å². The molecule has 0 spiro atoms. The Morgan fingerprint density at radius 3 is 2.93 bits per heavy atom. The van der Waals surface area contributed by atoms with Crippen LogP contribution in [0.15, 0.2) is 34.9 Å². The zero-order valence-electron chi connectivity index (χ0n) is 15.4. The monoisotopic (exact) mass is 366 g/mol. The Bertz CT molecular complexity index is 934. The number of aromatic amines is 1. The molecule has 4 rings (SSSR count). The summed E-state index contributed by atoms with van der Waals surface area (Å²) in [6.07, 6.45) is 3.77. The van der Waals surface area contributed by atoms with Gasteiger partial charge in [-0.3, -0.25) is 5.10 Å². The number of aryl methyl sites for hydroxylation is 2. The molecular weight excluding hydrogens is 344 g/mol. The normalized spacial score (nSPS) is 17.1. The average Bonchev–Trinajstić information content (AvgIpc) is 3.35. The number of nitrogens with zero attached hydrogens (tertiary/aromatic N) is 4. The van der Waals surface area contributed by atoms with Crippen molar-refractivity contribution < 1.29 is 9.21 Å². The molecule has 27 heavy (non-hydrogen) atoms. The van der Waals surface area contributed by atoms with Crippen molar-refractivity contribution in [3.05, 3.63) is 47.6 Å². The van der Waals surface area contributed by atoms with Crippen LogP contribution in [0.1, 0.15) is 35.9 Å². The van der Waals surface area contributed by atoms with Crippen LogP contribution in [0.3, 0.4) is 0 Å². The molecule has 0 aliphatic carbocycles. The lowest BCUT2D eigenvalue weighted by Gasteiger charge is -2.32. The Kier molecular flexibility index (Phi) is 4.62. The minimum atomic E-state index is -0.0961. The van der Waals surface area contributed by atoms with Gasteiger partial charge >= 0.3 is 6.03 Å². The number of nitrogens with one attached hydrogen (secondary N) is 2. The predicted molar refractivity (Wildman–Crippen MR) is 100 cm³/mol. The van der Waals surface area contributed by atoms with Gasteiger partial charge in [0.15, 0.2) is 0 Å². The summed E-state index contributed by atoms with van der Waals surface area (Å²) in [5, 5.41) is 18.0. The average molecular weight is 366 g/mol. The number of aromatic nitrogens is 4. The Morgan fingerprint density at radius 2 is 2.19 bits per heavy atom. The summed E-state index contributed by atoms with van der Waals surface area (Å²) < 4.78 is 5.49. The van der Waals surface area contributed by atoms with Crippen molar-refractivity contribution in [2.24, 2.45) is 0 Å². The molecule has 0 radical (unpaired) electrons. The first-order valence-corrected chi connectivity index (χ1v) is 9.06. The molecule has 2 amide bonds. The van der Waals surface area contributed by atoms with Crippen molar-refractivity contribution in [2.45, 2.75) is 32.6 Å². The van der Waals surface area contributed by atoms with E-state index in [9.17, 15) is 4.79 Å². The number of anilines is 1. The van der Waals surface area contributed by atoms with Gasteiger partial charge in [-0.15, -0.1) is 10.2 Å². The Morgan fingerprint density at radius 1 is 1.30 bits per heavy atom. The topological polar surface area (TPSA) is 99.9 Å². The molecule has 1 aromatic carbocycles. The minimum absolute atomic E-state index is 0.0961. The smallest absolute Gasteiger partial charge is 0.321 e. The first kappa shape index (κ1) is 17.3. The number of benzene rings is 1. The van der Waals surface area contributed by atoms with E-state index < -0.39 is 0 Å². The number of piperidine rings is 1. The second-order valence-corrected chi connectivity index (χ2v) is 6.88. The number of hydrogen-bond acceptors (Lipinski definition) is 5. The maximum atomic E-state index is 12.8. The zero-order chi connectivity index (χ0) is 18.8. The summed E-state index contributed by atoms with van der Waals surface area (Å²) in [7, 11) is 0. The fourth-order valence-electron chi connectivity index (χ4n) is 3.41. The first-order valence-electron chi connectivity index (χ1n) is 9.06. The highest BCUT2D eigenvalue weighted by Gasteiger charge is 2.26. The third-order valence-electron chi connectivity index (χ3n) is 4.92. The van der Waals surface area contributed by atoms with Crippen LogP contribution in [0.4, 0.5) is 10.5 Å². The number of rotatable bonds is 3. The Hall–Kier alpha value is -3.16. The van der Waals surface area contributed by atoms with Crippen LogP contribution in [0.2, 0.25) is 0 Å². The van der Waals surface area contributed by atoms with Gasteiger partial charge in [-0.05, 0) is 43.5 Å².